The first-order valence-electron chi connectivity index (χ1n) is 8.92. The minimum Gasteiger partial charge on any atom is -0.493 e. The van der Waals surface area contributed by atoms with Crippen LogP contribution in [0.3, 0.4) is 0 Å². The number of halogens is 1. The molecule has 28 heavy (non-hydrogen) atoms. The summed E-state index contributed by atoms with van der Waals surface area (Å²) in [7, 11) is 1.60. The number of hydrogen-bond donors (Lipinski definition) is 2. The third-order valence-corrected chi connectivity index (χ3v) is 5.32. The highest BCUT2D eigenvalue weighted by Crippen LogP contribution is 2.34. The molecular weight excluding hydrogens is 396 g/mol. The average Bonchev–Trinajstić information content (AvgIpc) is 2.97. The summed E-state index contributed by atoms with van der Waals surface area (Å²) in [5.41, 5.74) is 2.57. The van der Waals surface area contributed by atoms with E-state index in [2.05, 4.69) is 10.6 Å². The van der Waals surface area contributed by atoms with Gasteiger partial charge in [-0.25, -0.2) is 0 Å². The van der Waals surface area contributed by atoms with Gasteiger partial charge in [0, 0.05) is 10.7 Å². The number of carbonyl (C=O) groups excluding carboxylic acids is 1. The van der Waals surface area contributed by atoms with Crippen LogP contribution in [0.15, 0.2) is 41.3 Å². The largest absolute Gasteiger partial charge is 0.493 e. The van der Waals surface area contributed by atoms with Gasteiger partial charge in [-0.1, -0.05) is 29.4 Å². The molecule has 1 aliphatic rings. The summed E-state index contributed by atoms with van der Waals surface area (Å²) in [6.07, 6.45) is 1.90. The van der Waals surface area contributed by atoms with E-state index < -0.39 is 0 Å². The Morgan fingerprint density at radius 3 is 2.68 bits per heavy atom. The van der Waals surface area contributed by atoms with Crippen molar-refractivity contribution < 1.29 is 14.3 Å². The predicted octanol–water partition coefficient (Wildman–Crippen LogP) is 5.04. The van der Waals surface area contributed by atoms with Crippen molar-refractivity contribution >= 4 is 41.0 Å². The number of thioether (sulfide) groups is 1. The van der Waals surface area contributed by atoms with E-state index in [-0.39, 0.29) is 17.5 Å². The minimum absolute atomic E-state index is 0.0532. The molecule has 2 N–H and O–H groups in total. The van der Waals surface area contributed by atoms with Crippen LogP contribution in [0.2, 0.25) is 5.02 Å². The van der Waals surface area contributed by atoms with Crippen LogP contribution in [-0.2, 0) is 4.79 Å². The summed E-state index contributed by atoms with van der Waals surface area (Å²) in [6, 6.07) is 11.2. The molecule has 1 fully saturated rings. The van der Waals surface area contributed by atoms with E-state index in [1.807, 2.05) is 63.2 Å². The highest BCUT2D eigenvalue weighted by atomic mass is 35.5. The molecular formula is C21H23ClN2O3S. The van der Waals surface area contributed by atoms with Gasteiger partial charge < -0.3 is 20.1 Å². The first kappa shape index (κ1) is 20.4. The molecule has 2 aromatic rings. The molecule has 0 aliphatic carbocycles. The third kappa shape index (κ3) is 4.94. The van der Waals surface area contributed by atoms with Crippen molar-refractivity contribution in [3.63, 3.8) is 0 Å². The van der Waals surface area contributed by atoms with E-state index in [1.165, 1.54) is 11.8 Å². The lowest BCUT2D eigenvalue weighted by Crippen LogP contribution is -2.31. The zero-order valence-corrected chi connectivity index (χ0v) is 17.8. The quantitative estimate of drug-likeness (QED) is 0.643. The molecule has 1 amide bonds. The summed E-state index contributed by atoms with van der Waals surface area (Å²) in [4.78, 5) is 13.0. The fourth-order valence-corrected chi connectivity index (χ4v) is 3.97. The topological polar surface area (TPSA) is 59.6 Å². The van der Waals surface area contributed by atoms with Crippen LogP contribution in [0.25, 0.3) is 6.08 Å². The molecule has 148 valence electrons. The van der Waals surface area contributed by atoms with E-state index in [9.17, 15) is 4.79 Å². The van der Waals surface area contributed by atoms with E-state index >= 15 is 0 Å². The van der Waals surface area contributed by atoms with E-state index in [1.54, 1.807) is 7.11 Å². The first-order valence-corrected chi connectivity index (χ1v) is 10.2. The minimum atomic E-state index is -0.246. The van der Waals surface area contributed by atoms with Crippen LogP contribution in [-0.4, -0.2) is 24.6 Å². The van der Waals surface area contributed by atoms with Crippen molar-refractivity contribution in [3.05, 3.63) is 57.5 Å². The normalized spacial score (nSPS) is 17.7. The molecule has 0 aromatic heterocycles. The summed E-state index contributed by atoms with van der Waals surface area (Å²) >= 11 is 7.44. The van der Waals surface area contributed by atoms with Gasteiger partial charge in [-0.2, -0.15) is 0 Å². The van der Waals surface area contributed by atoms with Gasteiger partial charge in [-0.05, 0) is 68.3 Å². The molecule has 0 spiro atoms. The summed E-state index contributed by atoms with van der Waals surface area (Å²) in [6.45, 7) is 5.90. The van der Waals surface area contributed by atoms with Crippen LogP contribution >= 0.6 is 23.4 Å². The van der Waals surface area contributed by atoms with Gasteiger partial charge in [0.1, 0.15) is 0 Å². The number of anilines is 1. The van der Waals surface area contributed by atoms with E-state index in [4.69, 9.17) is 21.1 Å². The lowest BCUT2D eigenvalue weighted by Gasteiger charge is -2.15. The first-order chi connectivity index (χ1) is 13.4. The fraction of sp³-hybridized carbons (Fsp3) is 0.286. The monoisotopic (exact) mass is 418 g/mol. The zero-order chi connectivity index (χ0) is 20.3. The lowest BCUT2D eigenvalue weighted by atomic mass is 10.2. The number of aryl methyl sites for hydroxylation is 1. The van der Waals surface area contributed by atoms with E-state index in [0.29, 0.717) is 21.4 Å². The maximum Gasteiger partial charge on any atom is 0.260 e. The van der Waals surface area contributed by atoms with Crippen molar-refractivity contribution in [2.45, 2.75) is 32.4 Å². The zero-order valence-electron chi connectivity index (χ0n) is 16.2. The summed E-state index contributed by atoms with van der Waals surface area (Å²) < 4.78 is 11.2. The van der Waals surface area contributed by atoms with Crippen molar-refractivity contribution in [2.75, 3.05) is 12.4 Å². The van der Waals surface area contributed by atoms with Gasteiger partial charge in [0.2, 0.25) is 0 Å². The number of carbonyl (C=O) groups is 1. The Bertz CT molecular complexity index is 915. The van der Waals surface area contributed by atoms with Crippen LogP contribution < -0.4 is 20.1 Å². The predicted molar refractivity (Wildman–Crippen MR) is 116 cm³/mol. The number of rotatable bonds is 6. The Balaban J connectivity index is 1.75. The van der Waals surface area contributed by atoms with Crippen molar-refractivity contribution in [1.82, 2.24) is 5.32 Å². The highest BCUT2D eigenvalue weighted by molar-refractivity contribution is 8.05. The number of nitrogens with one attached hydrogen (secondary N) is 2. The molecule has 5 nitrogen and oxygen atoms in total. The molecule has 0 radical (unpaired) electrons. The molecule has 3 rings (SSSR count). The number of methoxy groups -OCH3 is 1. The highest BCUT2D eigenvalue weighted by Gasteiger charge is 2.27. The third-order valence-electron chi connectivity index (χ3n) is 4.05. The SMILES string of the molecule is COc1cc(/C=C2\SC(Nc3ccc(Cl)cc3C)NC2=O)ccc1OC(C)C. The molecule has 1 unspecified atom stereocenters. The van der Waals surface area contributed by atoms with Crippen molar-refractivity contribution in [2.24, 2.45) is 0 Å². The van der Waals surface area contributed by atoms with Crippen LogP contribution in [0, 0.1) is 6.92 Å². The van der Waals surface area contributed by atoms with Gasteiger partial charge in [0.05, 0.1) is 18.1 Å². The summed E-state index contributed by atoms with van der Waals surface area (Å²) in [5, 5.41) is 6.94. The van der Waals surface area contributed by atoms with Gasteiger partial charge in [0.15, 0.2) is 17.0 Å². The second kappa shape index (κ2) is 8.80. The molecule has 1 aliphatic heterocycles. The molecule has 2 aromatic carbocycles. The Hall–Kier alpha value is -2.31. The second-order valence-electron chi connectivity index (χ2n) is 6.66. The van der Waals surface area contributed by atoms with Crippen molar-refractivity contribution in [3.8, 4) is 11.5 Å². The van der Waals surface area contributed by atoms with Gasteiger partial charge in [-0.15, -0.1) is 0 Å². The maximum atomic E-state index is 12.4. The average molecular weight is 419 g/mol. The Morgan fingerprint density at radius 2 is 2.00 bits per heavy atom. The van der Waals surface area contributed by atoms with Crippen LogP contribution in [0.1, 0.15) is 25.0 Å². The van der Waals surface area contributed by atoms with Gasteiger partial charge in [-0.3, -0.25) is 4.79 Å². The van der Waals surface area contributed by atoms with Crippen molar-refractivity contribution in [1.29, 1.82) is 0 Å². The Labute approximate surface area is 174 Å². The van der Waals surface area contributed by atoms with E-state index in [0.717, 1.165) is 16.8 Å². The Kier molecular flexibility index (Phi) is 6.42. The molecule has 0 bridgehead atoms. The molecule has 0 saturated carbocycles. The number of amides is 1. The number of hydrogen-bond acceptors (Lipinski definition) is 5. The maximum absolute atomic E-state index is 12.4. The van der Waals surface area contributed by atoms with Gasteiger partial charge in [0.25, 0.3) is 5.91 Å². The standard InChI is InChI=1S/C21H23ClN2O3S/c1-12(2)27-17-8-5-14(10-18(17)26-4)11-19-20(25)24-21(28-19)23-16-7-6-15(22)9-13(16)3/h5-12,21,23H,1-4H3,(H,24,25)/b19-11-. The lowest BCUT2D eigenvalue weighted by molar-refractivity contribution is -0.116. The van der Waals surface area contributed by atoms with Crippen LogP contribution in [0.5, 0.6) is 11.5 Å². The smallest absolute Gasteiger partial charge is 0.260 e. The molecule has 1 saturated heterocycles. The second-order valence-corrected chi connectivity index (χ2v) is 8.24. The molecule has 1 atom stereocenters. The fourth-order valence-electron chi connectivity index (χ4n) is 2.77. The Morgan fingerprint density at radius 1 is 1.21 bits per heavy atom. The van der Waals surface area contributed by atoms with Gasteiger partial charge >= 0.3 is 0 Å². The molecule has 1 heterocycles. The number of benzene rings is 2. The molecule has 7 heteroatoms. The summed E-state index contributed by atoms with van der Waals surface area (Å²) in [5.74, 6) is 1.20. The van der Waals surface area contributed by atoms with Crippen LogP contribution in [0.4, 0.5) is 5.69 Å². The number of ether oxygens (including phenoxy) is 2.